The highest BCUT2D eigenvalue weighted by atomic mass is 32.2. The Morgan fingerprint density at radius 1 is 1.43 bits per heavy atom. The van der Waals surface area contributed by atoms with E-state index in [-0.39, 0.29) is 0 Å². The molecule has 2 N–H and O–H groups in total. The minimum atomic E-state index is 0.301. The summed E-state index contributed by atoms with van der Waals surface area (Å²) in [6.07, 6.45) is 4.34. The zero-order valence-electron chi connectivity index (χ0n) is 8.24. The van der Waals surface area contributed by atoms with E-state index in [1.807, 2.05) is 17.8 Å². The molecule has 0 bridgehead atoms. The van der Waals surface area contributed by atoms with Gasteiger partial charge in [0.15, 0.2) is 0 Å². The molecule has 0 saturated carbocycles. The first-order chi connectivity index (χ1) is 6.93. The molecule has 3 nitrogen and oxygen atoms in total. The molecule has 0 unspecified atom stereocenters. The van der Waals surface area contributed by atoms with Crippen LogP contribution in [0.3, 0.4) is 0 Å². The quantitative estimate of drug-likeness (QED) is 0.645. The third-order valence-corrected chi connectivity index (χ3v) is 2.85. The minimum absolute atomic E-state index is 0.301. The number of aliphatic hydroxyl groups is 1. The average Bonchev–Trinajstić information content (AvgIpc) is 2.69. The Morgan fingerprint density at radius 3 is 3.07 bits per heavy atom. The Kier molecular flexibility index (Phi) is 6.57. The summed E-state index contributed by atoms with van der Waals surface area (Å²) in [6.45, 7) is 2.17. The Morgan fingerprint density at radius 2 is 2.36 bits per heavy atom. The first-order valence-corrected chi connectivity index (χ1v) is 5.99. The first-order valence-electron chi connectivity index (χ1n) is 4.84. The minimum Gasteiger partial charge on any atom is -0.472 e. The van der Waals surface area contributed by atoms with Gasteiger partial charge in [0.1, 0.15) is 0 Å². The van der Waals surface area contributed by atoms with Gasteiger partial charge in [-0.05, 0) is 18.2 Å². The Bertz CT molecular complexity index is 214. The lowest BCUT2D eigenvalue weighted by atomic mass is 10.3. The van der Waals surface area contributed by atoms with Crippen LogP contribution in [0.1, 0.15) is 12.0 Å². The van der Waals surface area contributed by atoms with E-state index in [4.69, 9.17) is 9.52 Å². The fraction of sp³-hybridized carbons (Fsp3) is 0.600. The molecule has 1 aromatic heterocycles. The monoisotopic (exact) mass is 215 g/mol. The smallest absolute Gasteiger partial charge is 0.0947 e. The summed E-state index contributed by atoms with van der Waals surface area (Å²) >= 11 is 1.87. The fourth-order valence-corrected chi connectivity index (χ4v) is 1.86. The van der Waals surface area contributed by atoms with E-state index >= 15 is 0 Å². The third-order valence-electron chi connectivity index (χ3n) is 1.78. The van der Waals surface area contributed by atoms with Crippen molar-refractivity contribution in [2.75, 3.05) is 24.7 Å². The van der Waals surface area contributed by atoms with E-state index in [2.05, 4.69) is 5.32 Å². The van der Waals surface area contributed by atoms with Crippen LogP contribution in [0.15, 0.2) is 23.0 Å². The first kappa shape index (κ1) is 11.6. The molecule has 0 aliphatic carbocycles. The number of thioether (sulfide) groups is 1. The van der Waals surface area contributed by atoms with Crippen molar-refractivity contribution in [2.24, 2.45) is 0 Å². The maximum Gasteiger partial charge on any atom is 0.0947 e. The number of hydrogen-bond donors (Lipinski definition) is 2. The van der Waals surface area contributed by atoms with Crippen LogP contribution in [-0.4, -0.2) is 29.8 Å². The standard InChI is InChI=1S/C10H17NO2S/c12-4-1-6-14-7-3-11-8-10-2-5-13-9-10/h2,5,9,11-12H,1,3-4,6-8H2. The predicted molar refractivity (Wildman–Crippen MR) is 59.4 cm³/mol. The summed E-state index contributed by atoms with van der Waals surface area (Å²) in [5.74, 6) is 2.14. The van der Waals surface area contributed by atoms with Crippen molar-refractivity contribution in [3.8, 4) is 0 Å². The lowest BCUT2D eigenvalue weighted by Gasteiger charge is -2.02. The molecular weight excluding hydrogens is 198 g/mol. The summed E-state index contributed by atoms with van der Waals surface area (Å²) < 4.78 is 4.95. The molecule has 0 aromatic carbocycles. The van der Waals surface area contributed by atoms with Gasteiger partial charge in [0.2, 0.25) is 0 Å². The molecular formula is C10H17NO2S. The molecule has 0 spiro atoms. The van der Waals surface area contributed by atoms with Crippen LogP contribution in [0.5, 0.6) is 0 Å². The van der Waals surface area contributed by atoms with Gasteiger partial charge in [-0.15, -0.1) is 0 Å². The molecule has 4 heteroatoms. The lowest BCUT2D eigenvalue weighted by Crippen LogP contribution is -2.16. The van der Waals surface area contributed by atoms with Gasteiger partial charge in [0, 0.05) is 31.0 Å². The van der Waals surface area contributed by atoms with Gasteiger partial charge in [0.25, 0.3) is 0 Å². The van der Waals surface area contributed by atoms with Crippen molar-refractivity contribution in [1.82, 2.24) is 5.32 Å². The average molecular weight is 215 g/mol. The molecule has 0 aliphatic heterocycles. The molecule has 0 fully saturated rings. The van der Waals surface area contributed by atoms with Gasteiger partial charge in [-0.2, -0.15) is 11.8 Å². The highest BCUT2D eigenvalue weighted by Crippen LogP contribution is 2.01. The second-order valence-corrected chi connectivity index (χ2v) is 4.22. The molecule has 1 heterocycles. The summed E-state index contributed by atoms with van der Waals surface area (Å²) in [7, 11) is 0. The van der Waals surface area contributed by atoms with Gasteiger partial charge in [-0.1, -0.05) is 0 Å². The molecule has 0 saturated heterocycles. The van der Waals surface area contributed by atoms with Gasteiger partial charge < -0.3 is 14.8 Å². The lowest BCUT2D eigenvalue weighted by molar-refractivity contribution is 0.296. The van der Waals surface area contributed by atoms with E-state index in [1.54, 1.807) is 12.5 Å². The third kappa shape index (κ3) is 5.32. The van der Waals surface area contributed by atoms with Crippen molar-refractivity contribution in [1.29, 1.82) is 0 Å². The van der Waals surface area contributed by atoms with Crippen molar-refractivity contribution < 1.29 is 9.52 Å². The van der Waals surface area contributed by atoms with Crippen molar-refractivity contribution in [3.63, 3.8) is 0 Å². The molecule has 0 atom stereocenters. The molecule has 0 amide bonds. The van der Waals surface area contributed by atoms with Crippen LogP contribution in [0, 0.1) is 0 Å². The Balaban J connectivity index is 1.85. The van der Waals surface area contributed by atoms with E-state index in [0.29, 0.717) is 6.61 Å². The number of nitrogens with one attached hydrogen (secondary N) is 1. The van der Waals surface area contributed by atoms with E-state index < -0.39 is 0 Å². The van der Waals surface area contributed by atoms with Crippen LogP contribution in [0.4, 0.5) is 0 Å². The van der Waals surface area contributed by atoms with Crippen molar-refractivity contribution in [3.05, 3.63) is 24.2 Å². The van der Waals surface area contributed by atoms with E-state index in [0.717, 1.165) is 31.0 Å². The van der Waals surface area contributed by atoms with E-state index in [1.165, 1.54) is 5.56 Å². The highest BCUT2D eigenvalue weighted by Gasteiger charge is 1.93. The van der Waals surface area contributed by atoms with Gasteiger partial charge >= 0.3 is 0 Å². The second-order valence-electron chi connectivity index (χ2n) is 3.00. The van der Waals surface area contributed by atoms with Crippen molar-refractivity contribution in [2.45, 2.75) is 13.0 Å². The van der Waals surface area contributed by atoms with Crippen molar-refractivity contribution >= 4 is 11.8 Å². The van der Waals surface area contributed by atoms with Gasteiger partial charge in [-0.3, -0.25) is 0 Å². The molecule has 1 rings (SSSR count). The topological polar surface area (TPSA) is 45.4 Å². The Hall–Kier alpha value is -0.450. The maximum atomic E-state index is 8.55. The Labute approximate surface area is 88.9 Å². The summed E-state index contributed by atoms with van der Waals surface area (Å²) in [5, 5.41) is 11.9. The predicted octanol–water partition coefficient (Wildman–Crippen LogP) is 1.48. The molecule has 1 aromatic rings. The number of rotatable bonds is 8. The van der Waals surface area contributed by atoms with Gasteiger partial charge in [-0.25, -0.2) is 0 Å². The maximum absolute atomic E-state index is 8.55. The van der Waals surface area contributed by atoms with Crippen LogP contribution < -0.4 is 5.32 Å². The van der Waals surface area contributed by atoms with Crippen LogP contribution in [0.2, 0.25) is 0 Å². The largest absolute Gasteiger partial charge is 0.472 e. The molecule has 0 radical (unpaired) electrons. The number of aliphatic hydroxyl groups excluding tert-OH is 1. The summed E-state index contributed by atoms with van der Waals surface area (Å²) in [4.78, 5) is 0. The van der Waals surface area contributed by atoms with Gasteiger partial charge in [0.05, 0.1) is 12.5 Å². The zero-order valence-corrected chi connectivity index (χ0v) is 9.05. The molecule has 14 heavy (non-hydrogen) atoms. The van der Waals surface area contributed by atoms with Crippen LogP contribution in [-0.2, 0) is 6.54 Å². The molecule has 0 aliphatic rings. The number of hydrogen-bond acceptors (Lipinski definition) is 4. The number of furan rings is 1. The zero-order chi connectivity index (χ0) is 10.1. The van der Waals surface area contributed by atoms with E-state index in [9.17, 15) is 0 Å². The van der Waals surface area contributed by atoms with Crippen LogP contribution in [0.25, 0.3) is 0 Å². The normalized spacial score (nSPS) is 10.6. The van der Waals surface area contributed by atoms with Crippen LogP contribution >= 0.6 is 11.8 Å². The SMILES string of the molecule is OCCCSCCNCc1ccoc1. The molecule has 80 valence electrons. The fourth-order valence-electron chi connectivity index (χ4n) is 1.04. The summed E-state index contributed by atoms with van der Waals surface area (Å²) in [5.41, 5.74) is 1.19. The highest BCUT2D eigenvalue weighted by molar-refractivity contribution is 7.99. The summed E-state index contributed by atoms with van der Waals surface area (Å²) in [6, 6.07) is 1.96. The second kappa shape index (κ2) is 7.91.